The molecule has 0 amide bonds. The van der Waals surface area contributed by atoms with Gasteiger partial charge < -0.3 is 14.6 Å². The van der Waals surface area contributed by atoms with Crippen molar-refractivity contribution in [3.63, 3.8) is 0 Å². The van der Waals surface area contributed by atoms with Crippen LogP contribution in [0.2, 0.25) is 0 Å². The Kier molecular flexibility index (Phi) is 10.7. The number of fused-ring (bicyclic) bond motifs is 2. The summed E-state index contributed by atoms with van der Waals surface area (Å²) in [5.41, 5.74) is -0.527. The van der Waals surface area contributed by atoms with E-state index < -0.39 is 24.2 Å². The molecule has 0 aliphatic carbocycles. The van der Waals surface area contributed by atoms with Gasteiger partial charge in [-0.25, -0.2) is 0 Å². The zero-order valence-electron chi connectivity index (χ0n) is 18.9. The maximum Gasteiger partial charge on any atom is 0.454 e. The van der Waals surface area contributed by atoms with Crippen LogP contribution in [0.25, 0.3) is 21.5 Å². The van der Waals surface area contributed by atoms with E-state index in [0.717, 1.165) is 11.5 Å². The maximum atomic E-state index is 12.4. The summed E-state index contributed by atoms with van der Waals surface area (Å²) < 4.78 is 84.0. The number of hydrogen-bond donors (Lipinski definition) is 1. The molecule has 0 spiro atoms. The van der Waals surface area contributed by atoms with E-state index in [4.69, 9.17) is 14.6 Å². The van der Waals surface area contributed by atoms with Crippen molar-refractivity contribution < 1.29 is 45.7 Å². The number of hydrogen-bond acceptors (Lipinski definition) is 4. The number of ether oxygens (including phenoxy) is 2. The summed E-state index contributed by atoms with van der Waals surface area (Å²) in [5, 5.41) is 11.8. The van der Waals surface area contributed by atoms with E-state index in [2.05, 4.69) is 0 Å². The summed E-state index contributed by atoms with van der Waals surface area (Å²) in [6.45, 7) is 0. The molecule has 0 saturated heterocycles. The molecule has 4 aromatic rings. The molecule has 0 radical (unpaired) electrons. The number of methoxy groups -OCH3 is 2. The number of ketones is 1. The molecule has 4 rings (SSSR count). The van der Waals surface area contributed by atoms with Gasteiger partial charge in [-0.05, 0) is 63.5 Å². The van der Waals surface area contributed by atoms with E-state index in [-0.39, 0.29) is 26.0 Å². The summed E-state index contributed by atoms with van der Waals surface area (Å²) in [6.07, 6.45) is -12.0. The Morgan fingerprint density at radius 2 is 1.11 bits per heavy atom. The van der Waals surface area contributed by atoms with Gasteiger partial charge in [-0.3, -0.25) is 4.79 Å². The second kappa shape index (κ2) is 12.6. The third-order valence-corrected chi connectivity index (χ3v) is 5.26. The number of rotatable bonds is 4. The predicted molar refractivity (Wildman–Crippen MR) is 136 cm³/mol. The molecule has 1 atom stereocenters. The van der Waals surface area contributed by atoms with E-state index in [9.17, 15) is 31.1 Å². The average molecular weight is 543 g/mol. The number of aliphatic hydroxyl groups is 1. The lowest BCUT2D eigenvalue weighted by molar-refractivity contribution is -0.206. The fourth-order valence-electron chi connectivity index (χ4n) is 3.38. The molecule has 0 fully saturated rings. The molecule has 4 nitrogen and oxygen atoms in total. The minimum absolute atomic E-state index is 0. The van der Waals surface area contributed by atoms with Crippen LogP contribution in [0, 0.1) is 0 Å². The first-order valence-electron chi connectivity index (χ1n) is 10.4. The Labute approximate surface area is 216 Å². The van der Waals surface area contributed by atoms with Crippen molar-refractivity contribution in [3.8, 4) is 11.5 Å². The Bertz CT molecular complexity index is 1380. The number of Topliss-reactive ketones (excluding diaryl/α,β-unsaturated/α-hetero) is 1. The highest BCUT2D eigenvalue weighted by Gasteiger charge is 2.40. The van der Waals surface area contributed by atoms with Crippen LogP contribution in [0.5, 0.6) is 11.5 Å². The summed E-state index contributed by atoms with van der Waals surface area (Å²) in [6, 6.07) is 17.9. The highest BCUT2D eigenvalue weighted by molar-refractivity contribution is 6.03. The van der Waals surface area contributed by atoms with E-state index in [0.29, 0.717) is 27.7 Å². The monoisotopic (exact) mass is 542 g/mol. The quantitative estimate of drug-likeness (QED) is 0.208. The van der Waals surface area contributed by atoms with Gasteiger partial charge in [-0.15, -0.1) is 0 Å². The lowest BCUT2D eigenvalue weighted by Gasteiger charge is -2.15. The maximum absolute atomic E-state index is 12.4. The predicted octanol–water partition coefficient (Wildman–Crippen LogP) is 8.31. The van der Waals surface area contributed by atoms with Gasteiger partial charge in [-0.2, -0.15) is 26.3 Å². The van der Waals surface area contributed by atoms with Gasteiger partial charge in [0.15, 0.2) is 6.10 Å². The van der Waals surface area contributed by atoms with Crippen molar-refractivity contribution in [2.75, 3.05) is 14.2 Å². The van der Waals surface area contributed by atoms with Crippen LogP contribution in [0.4, 0.5) is 26.3 Å². The van der Waals surface area contributed by atoms with Crippen LogP contribution in [-0.4, -0.2) is 37.5 Å². The van der Waals surface area contributed by atoms with E-state index in [1.807, 2.05) is 0 Å². The van der Waals surface area contributed by atoms with Crippen molar-refractivity contribution in [2.45, 2.75) is 33.3 Å². The molecule has 0 aliphatic rings. The third kappa shape index (κ3) is 7.61. The lowest BCUT2D eigenvalue weighted by Crippen LogP contribution is -2.22. The molecule has 4 aromatic carbocycles. The highest BCUT2D eigenvalue weighted by Crippen LogP contribution is 2.34. The first-order valence-corrected chi connectivity index (χ1v) is 10.4. The van der Waals surface area contributed by atoms with Crippen LogP contribution in [0.15, 0.2) is 72.8 Å². The van der Waals surface area contributed by atoms with Gasteiger partial charge in [-0.1, -0.05) is 51.3 Å². The molecule has 10 heteroatoms. The van der Waals surface area contributed by atoms with Gasteiger partial charge in [0.1, 0.15) is 11.5 Å². The van der Waals surface area contributed by atoms with Gasteiger partial charge in [0.25, 0.3) is 5.78 Å². The summed E-state index contributed by atoms with van der Waals surface area (Å²) in [4.78, 5) is 11.1. The van der Waals surface area contributed by atoms with Gasteiger partial charge >= 0.3 is 12.4 Å². The molecule has 206 valence electrons. The SMILES string of the molecule is C.C.COc1ccc2cc(C(=O)C(F)(F)F)ccc2c1.COc1ccc2cc(C(O)C(F)(F)F)ccc2c1. The molecule has 0 aromatic heterocycles. The molecular weight excluding hydrogens is 514 g/mol. The summed E-state index contributed by atoms with van der Waals surface area (Å²) >= 11 is 0. The molecule has 0 saturated carbocycles. The highest BCUT2D eigenvalue weighted by atomic mass is 19.4. The Morgan fingerprint density at radius 3 is 1.55 bits per heavy atom. The van der Waals surface area contributed by atoms with Crippen LogP contribution in [-0.2, 0) is 0 Å². The van der Waals surface area contributed by atoms with Crippen molar-refractivity contribution in [3.05, 3.63) is 83.9 Å². The second-order valence-corrected chi connectivity index (χ2v) is 7.67. The fourth-order valence-corrected chi connectivity index (χ4v) is 3.38. The minimum Gasteiger partial charge on any atom is -0.497 e. The summed E-state index contributed by atoms with van der Waals surface area (Å²) in [7, 11) is 3.02. The summed E-state index contributed by atoms with van der Waals surface area (Å²) in [5.74, 6) is -0.593. The standard InChI is InChI=1S/C13H11F3O2.C13H9F3O2.2CH4/c2*1-18-11-5-4-8-6-10(3-2-9(8)7-11)12(17)13(14,15)16;;/h2-7,12,17H,1H3;2-7H,1H3;2*1H4. The normalized spacial score (nSPS) is 11.9. The van der Waals surface area contributed by atoms with Crippen LogP contribution < -0.4 is 9.47 Å². The number of alkyl halides is 6. The Hall–Kier alpha value is -3.79. The Morgan fingerprint density at radius 1 is 0.684 bits per heavy atom. The van der Waals surface area contributed by atoms with E-state index >= 15 is 0 Å². The first-order chi connectivity index (χ1) is 16.8. The average Bonchev–Trinajstić information content (AvgIpc) is 2.85. The molecular formula is C28H28F6O4. The topological polar surface area (TPSA) is 55.8 Å². The fraction of sp³-hybridized carbons (Fsp3) is 0.250. The number of carbonyl (C=O) groups excluding carboxylic acids is 1. The number of benzene rings is 4. The van der Waals surface area contributed by atoms with Crippen molar-refractivity contribution >= 4 is 27.3 Å². The van der Waals surface area contributed by atoms with Gasteiger partial charge in [0.2, 0.25) is 0 Å². The van der Waals surface area contributed by atoms with Gasteiger partial charge in [0, 0.05) is 5.56 Å². The number of carbonyl (C=O) groups is 1. The number of aliphatic hydroxyl groups excluding tert-OH is 1. The number of halogens is 6. The van der Waals surface area contributed by atoms with Crippen LogP contribution in [0.1, 0.15) is 36.9 Å². The first kappa shape index (κ1) is 32.2. The van der Waals surface area contributed by atoms with Crippen LogP contribution >= 0.6 is 0 Å². The van der Waals surface area contributed by atoms with Crippen molar-refractivity contribution in [2.24, 2.45) is 0 Å². The molecule has 0 bridgehead atoms. The van der Waals surface area contributed by atoms with E-state index in [1.165, 1.54) is 44.6 Å². The van der Waals surface area contributed by atoms with Crippen molar-refractivity contribution in [1.29, 1.82) is 0 Å². The molecule has 0 heterocycles. The van der Waals surface area contributed by atoms with E-state index in [1.54, 1.807) is 36.4 Å². The third-order valence-electron chi connectivity index (χ3n) is 5.26. The minimum atomic E-state index is -4.85. The molecule has 1 N–H and O–H groups in total. The van der Waals surface area contributed by atoms with Gasteiger partial charge in [0.05, 0.1) is 14.2 Å². The molecule has 38 heavy (non-hydrogen) atoms. The molecule has 0 aliphatic heterocycles. The second-order valence-electron chi connectivity index (χ2n) is 7.67. The zero-order valence-corrected chi connectivity index (χ0v) is 18.9. The smallest absolute Gasteiger partial charge is 0.454 e. The zero-order chi connectivity index (χ0) is 26.7. The largest absolute Gasteiger partial charge is 0.497 e. The van der Waals surface area contributed by atoms with Crippen molar-refractivity contribution in [1.82, 2.24) is 0 Å². The lowest BCUT2D eigenvalue weighted by atomic mass is 10.0. The van der Waals surface area contributed by atoms with Crippen LogP contribution in [0.3, 0.4) is 0 Å². The Balaban J connectivity index is 0.000000361. The molecule has 1 unspecified atom stereocenters.